The Morgan fingerprint density at radius 1 is 0.786 bits per heavy atom. The summed E-state index contributed by atoms with van der Waals surface area (Å²) in [4.78, 5) is 1.49. The topological polar surface area (TPSA) is 0 Å². The van der Waals surface area contributed by atoms with E-state index in [0.717, 1.165) is 12.8 Å². The average molecular weight is 379 g/mol. The number of thiophene rings is 1. The molecule has 0 amide bonds. The van der Waals surface area contributed by atoms with Crippen LogP contribution in [0, 0.1) is 6.92 Å². The van der Waals surface area contributed by atoms with Gasteiger partial charge in [0, 0.05) is 16.0 Å². The molecular weight excluding hydrogens is 356 g/mol. The number of hydrogen-bond acceptors (Lipinski definition) is 1. The van der Waals surface area contributed by atoms with Crippen molar-refractivity contribution in [2.24, 2.45) is 0 Å². The van der Waals surface area contributed by atoms with Gasteiger partial charge in [0.05, 0.1) is 0 Å². The van der Waals surface area contributed by atoms with E-state index in [1.807, 2.05) is 11.3 Å². The zero-order chi connectivity index (χ0) is 18.9. The second kappa shape index (κ2) is 7.26. The Morgan fingerprint density at radius 3 is 2.43 bits per heavy atom. The summed E-state index contributed by atoms with van der Waals surface area (Å²) in [6.07, 6.45) is 8.80. The second-order valence-corrected chi connectivity index (χ2v) is 8.52. The molecule has 0 spiro atoms. The molecule has 4 aromatic rings. The Morgan fingerprint density at radius 2 is 1.61 bits per heavy atom. The highest BCUT2D eigenvalue weighted by atomic mass is 32.1. The van der Waals surface area contributed by atoms with E-state index >= 15 is 0 Å². The monoisotopic (exact) mass is 378 g/mol. The molecule has 0 N–H and O–H groups in total. The highest BCUT2D eigenvalue weighted by Crippen LogP contribution is 2.41. The van der Waals surface area contributed by atoms with Crippen LogP contribution in [-0.2, 0) is 12.8 Å². The molecule has 0 bridgehead atoms. The predicted molar refractivity (Wildman–Crippen MR) is 123 cm³/mol. The van der Waals surface area contributed by atoms with Crippen LogP contribution in [0.15, 0.2) is 91.0 Å². The molecule has 1 aliphatic carbocycles. The number of aryl methyl sites for hydroxylation is 1. The van der Waals surface area contributed by atoms with Gasteiger partial charge in [-0.1, -0.05) is 96.6 Å². The minimum absolute atomic E-state index is 0.996. The van der Waals surface area contributed by atoms with Crippen LogP contribution >= 0.6 is 11.3 Å². The Labute approximate surface area is 170 Å². The molecule has 28 heavy (non-hydrogen) atoms. The summed E-state index contributed by atoms with van der Waals surface area (Å²) in [5, 5.41) is 1.41. The summed E-state index contributed by atoms with van der Waals surface area (Å²) in [5.74, 6) is 0. The average Bonchev–Trinajstić information content (AvgIpc) is 3.05. The molecule has 136 valence electrons. The van der Waals surface area contributed by atoms with Gasteiger partial charge >= 0.3 is 0 Å². The van der Waals surface area contributed by atoms with Gasteiger partial charge in [0.2, 0.25) is 0 Å². The third-order valence-corrected chi connectivity index (χ3v) is 6.80. The van der Waals surface area contributed by atoms with Gasteiger partial charge in [-0.05, 0) is 46.6 Å². The van der Waals surface area contributed by atoms with Crippen molar-refractivity contribution >= 4 is 27.0 Å². The van der Waals surface area contributed by atoms with E-state index in [-0.39, 0.29) is 0 Å². The number of benzene rings is 3. The molecule has 0 aliphatic heterocycles. The van der Waals surface area contributed by atoms with Crippen LogP contribution < -0.4 is 0 Å². The van der Waals surface area contributed by atoms with Gasteiger partial charge in [-0.25, -0.2) is 0 Å². The number of allylic oxidation sites excluding steroid dienone is 4. The Bertz CT molecular complexity index is 1190. The fourth-order valence-corrected chi connectivity index (χ4v) is 5.39. The van der Waals surface area contributed by atoms with Gasteiger partial charge in [0.25, 0.3) is 0 Å². The smallest absolute Gasteiger partial charge is 0.0427 e. The molecular formula is C27H22S. The summed E-state index contributed by atoms with van der Waals surface area (Å²) in [6.45, 7) is 2.14. The van der Waals surface area contributed by atoms with E-state index in [1.54, 1.807) is 0 Å². The van der Waals surface area contributed by atoms with E-state index in [9.17, 15) is 0 Å². The van der Waals surface area contributed by atoms with Crippen molar-refractivity contribution in [3.8, 4) is 11.1 Å². The van der Waals surface area contributed by atoms with Crippen molar-refractivity contribution < 1.29 is 0 Å². The molecule has 5 rings (SSSR count). The molecule has 0 saturated heterocycles. The van der Waals surface area contributed by atoms with Crippen LogP contribution in [-0.4, -0.2) is 0 Å². The third-order valence-electron chi connectivity index (χ3n) is 5.52. The van der Waals surface area contributed by atoms with E-state index in [0.29, 0.717) is 0 Å². The Hall–Kier alpha value is -2.90. The van der Waals surface area contributed by atoms with Gasteiger partial charge < -0.3 is 0 Å². The normalized spacial score (nSPS) is 16.7. The van der Waals surface area contributed by atoms with Crippen LogP contribution in [0.3, 0.4) is 0 Å². The summed E-state index contributed by atoms with van der Waals surface area (Å²) in [6, 6.07) is 26.4. The summed E-state index contributed by atoms with van der Waals surface area (Å²) < 4.78 is 1.42. The predicted octanol–water partition coefficient (Wildman–Crippen LogP) is 7.62. The maximum Gasteiger partial charge on any atom is 0.0427 e. The lowest BCUT2D eigenvalue weighted by molar-refractivity contribution is 1.21. The largest absolute Gasteiger partial charge is 0.139 e. The van der Waals surface area contributed by atoms with Gasteiger partial charge in [0.15, 0.2) is 0 Å². The first-order chi connectivity index (χ1) is 13.8. The zero-order valence-electron chi connectivity index (χ0n) is 16.0. The molecule has 0 atom stereocenters. The zero-order valence-corrected chi connectivity index (χ0v) is 16.8. The van der Waals surface area contributed by atoms with Crippen LogP contribution in [0.5, 0.6) is 0 Å². The second-order valence-electron chi connectivity index (χ2n) is 7.42. The molecule has 0 unspecified atom stereocenters. The molecule has 1 heterocycles. The molecule has 1 heteroatoms. The van der Waals surface area contributed by atoms with Gasteiger partial charge in [-0.15, -0.1) is 11.3 Å². The standard InChI is InChI=1S/C27H22S/c1-19-14-16-21(17-15-19)23-12-7-13-25-24-11-6-5-10-22(18-26(24)28-27(23)25)20-8-3-2-4-9-20/h2-10,12-17H,11,18H2,1H3/b6-5-,22-10+. The fourth-order valence-electron chi connectivity index (χ4n) is 4.00. The molecule has 0 radical (unpaired) electrons. The van der Waals surface area contributed by atoms with E-state index in [4.69, 9.17) is 0 Å². The molecule has 1 aliphatic rings. The van der Waals surface area contributed by atoms with Gasteiger partial charge in [0.1, 0.15) is 0 Å². The van der Waals surface area contributed by atoms with Crippen LogP contribution in [0.25, 0.3) is 26.8 Å². The fraction of sp³-hybridized carbons (Fsp3) is 0.111. The molecule has 3 aromatic carbocycles. The lowest BCUT2D eigenvalue weighted by atomic mass is 9.95. The third kappa shape index (κ3) is 3.12. The van der Waals surface area contributed by atoms with Crippen molar-refractivity contribution in [3.63, 3.8) is 0 Å². The summed E-state index contributed by atoms with van der Waals surface area (Å²) >= 11 is 1.97. The van der Waals surface area contributed by atoms with Gasteiger partial charge in [-0.3, -0.25) is 0 Å². The number of rotatable bonds is 2. The van der Waals surface area contributed by atoms with Gasteiger partial charge in [-0.2, -0.15) is 0 Å². The quantitative estimate of drug-likeness (QED) is 0.336. The summed E-state index contributed by atoms with van der Waals surface area (Å²) in [5.41, 5.74) is 8.16. The molecule has 0 fully saturated rings. The highest BCUT2D eigenvalue weighted by Gasteiger charge is 2.17. The number of hydrogen-bond donors (Lipinski definition) is 0. The lowest BCUT2D eigenvalue weighted by Gasteiger charge is -2.10. The van der Waals surface area contributed by atoms with Crippen molar-refractivity contribution in [3.05, 3.63) is 113 Å². The van der Waals surface area contributed by atoms with Crippen molar-refractivity contribution in [1.29, 1.82) is 0 Å². The van der Waals surface area contributed by atoms with Crippen molar-refractivity contribution in [2.45, 2.75) is 19.8 Å². The minimum Gasteiger partial charge on any atom is -0.139 e. The Kier molecular flexibility index (Phi) is 4.46. The SMILES string of the molecule is Cc1ccc(-c2cccc3c4c(sc23)C/C(c2ccccc2)=C\C=C/C4)cc1. The maximum absolute atomic E-state index is 2.30. The molecule has 0 nitrogen and oxygen atoms in total. The van der Waals surface area contributed by atoms with E-state index in [1.165, 1.54) is 48.4 Å². The first-order valence-electron chi connectivity index (χ1n) is 9.81. The van der Waals surface area contributed by atoms with Crippen LogP contribution in [0.2, 0.25) is 0 Å². The summed E-state index contributed by atoms with van der Waals surface area (Å²) in [7, 11) is 0. The highest BCUT2D eigenvalue weighted by molar-refractivity contribution is 7.20. The lowest BCUT2D eigenvalue weighted by Crippen LogP contribution is -1.94. The number of fused-ring (bicyclic) bond motifs is 3. The van der Waals surface area contributed by atoms with Crippen molar-refractivity contribution in [1.82, 2.24) is 0 Å². The van der Waals surface area contributed by atoms with E-state index in [2.05, 4.69) is 97.9 Å². The maximum atomic E-state index is 2.30. The first-order valence-corrected chi connectivity index (χ1v) is 10.6. The minimum atomic E-state index is 0.996. The van der Waals surface area contributed by atoms with E-state index < -0.39 is 0 Å². The molecule has 1 aromatic heterocycles. The Balaban J connectivity index is 1.65. The van der Waals surface area contributed by atoms with Crippen LogP contribution in [0.4, 0.5) is 0 Å². The van der Waals surface area contributed by atoms with Crippen LogP contribution in [0.1, 0.15) is 21.6 Å². The van der Waals surface area contributed by atoms with Crippen molar-refractivity contribution in [2.75, 3.05) is 0 Å². The first kappa shape index (κ1) is 17.2. The molecule has 0 saturated carbocycles.